The molecule has 0 N–H and O–H groups in total. The van der Waals surface area contributed by atoms with E-state index in [1.54, 1.807) is 4.68 Å². The molecule has 5 nitrogen and oxygen atoms in total. The second-order valence-electron chi connectivity index (χ2n) is 9.30. The molecular formula is C21H34N4O. The van der Waals surface area contributed by atoms with Crippen molar-refractivity contribution < 1.29 is 4.79 Å². The summed E-state index contributed by atoms with van der Waals surface area (Å²) in [4.78, 5) is 18.1. The van der Waals surface area contributed by atoms with Crippen molar-refractivity contribution in [3.05, 3.63) is 17.5 Å². The number of hydrogen-bond acceptors (Lipinski definition) is 3. The lowest BCUT2D eigenvalue weighted by Gasteiger charge is -2.40. The zero-order chi connectivity index (χ0) is 18.3. The minimum atomic E-state index is 0.178. The molecule has 5 heteroatoms. The summed E-state index contributed by atoms with van der Waals surface area (Å²) in [6.07, 6.45) is 7.69. The number of rotatable bonds is 5. The molecule has 1 aromatic heterocycles. The van der Waals surface area contributed by atoms with Gasteiger partial charge in [-0.1, -0.05) is 20.3 Å². The van der Waals surface area contributed by atoms with Gasteiger partial charge in [-0.2, -0.15) is 5.10 Å². The third-order valence-electron chi connectivity index (χ3n) is 6.60. The number of nitrogens with zero attached hydrogens (tertiary/aromatic N) is 4. The number of piperidine rings is 1. The average Bonchev–Trinajstić information content (AvgIpc) is 2.73. The van der Waals surface area contributed by atoms with E-state index in [1.165, 1.54) is 45.2 Å². The largest absolute Gasteiger partial charge is 0.335 e. The number of carbonyl (C=O) groups excluding carboxylic acids is 1. The van der Waals surface area contributed by atoms with Gasteiger partial charge in [0.2, 0.25) is 0 Å². The molecule has 2 bridgehead atoms. The quantitative estimate of drug-likeness (QED) is 0.813. The number of aryl methyl sites for hydroxylation is 1. The van der Waals surface area contributed by atoms with Gasteiger partial charge in [-0.05, 0) is 55.9 Å². The molecule has 1 saturated carbocycles. The molecule has 1 aromatic rings. The van der Waals surface area contributed by atoms with E-state index in [1.807, 2.05) is 13.1 Å². The minimum Gasteiger partial charge on any atom is -0.335 e. The third-order valence-corrected chi connectivity index (χ3v) is 6.60. The third kappa shape index (κ3) is 3.68. The molecule has 1 aliphatic carbocycles. The summed E-state index contributed by atoms with van der Waals surface area (Å²) in [5.41, 5.74) is 1.79. The lowest BCUT2D eigenvalue weighted by atomic mass is 9.83. The van der Waals surface area contributed by atoms with Crippen molar-refractivity contribution in [3.8, 4) is 0 Å². The molecule has 4 heterocycles. The summed E-state index contributed by atoms with van der Waals surface area (Å²) in [5, 5.41) is 4.58. The van der Waals surface area contributed by atoms with E-state index in [-0.39, 0.29) is 5.91 Å². The van der Waals surface area contributed by atoms with E-state index in [2.05, 4.69) is 28.7 Å². The monoisotopic (exact) mass is 358 g/mol. The fraction of sp³-hybridized carbons (Fsp3) is 0.810. The average molecular weight is 359 g/mol. The van der Waals surface area contributed by atoms with Crippen LogP contribution in [0.1, 0.15) is 62.1 Å². The van der Waals surface area contributed by atoms with Crippen LogP contribution in [-0.2, 0) is 13.5 Å². The first kappa shape index (κ1) is 18.0. The molecule has 4 aliphatic rings. The molecule has 0 spiro atoms. The Kier molecular flexibility index (Phi) is 5.09. The summed E-state index contributed by atoms with van der Waals surface area (Å²) in [6, 6.07) is 2.57. The Hall–Kier alpha value is -1.36. The van der Waals surface area contributed by atoms with E-state index >= 15 is 0 Å². The van der Waals surface area contributed by atoms with Crippen LogP contribution in [0, 0.1) is 17.8 Å². The lowest BCUT2D eigenvalue weighted by molar-refractivity contribution is 0.0707. The van der Waals surface area contributed by atoms with Crippen LogP contribution in [0.15, 0.2) is 6.07 Å². The van der Waals surface area contributed by atoms with E-state index in [0.717, 1.165) is 36.8 Å². The number of carbonyl (C=O) groups is 1. The maximum absolute atomic E-state index is 13.2. The topological polar surface area (TPSA) is 41.4 Å². The SMILES string of the molecule is CC(C)Cc1cc(C(=O)N2C[C@@H]3CC[C@H](C2)N(CC2CCC2)C3)n(C)n1. The van der Waals surface area contributed by atoms with Gasteiger partial charge in [0.25, 0.3) is 5.91 Å². The molecule has 2 atom stereocenters. The molecule has 3 saturated heterocycles. The second-order valence-corrected chi connectivity index (χ2v) is 9.30. The van der Waals surface area contributed by atoms with E-state index in [4.69, 9.17) is 0 Å². The van der Waals surface area contributed by atoms with Crippen molar-refractivity contribution in [2.75, 3.05) is 26.2 Å². The van der Waals surface area contributed by atoms with Crippen molar-refractivity contribution in [3.63, 3.8) is 0 Å². The molecule has 4 fully saturated rings. The van der Waals surface area contributed by atoms with Crippen LogP contribution in [0.5, 0.6) is 0 Å². The van der Waals surface area contributed by atoms with Crippen LogP contribution in [0.2, 0.25) is 0 Å². The molecule has 144 valence electrons. The fourth-order valence-electron chi connectivity index (χ4n) is 4.98. The van der Waals surface area contributed by atoms with Gasteiger partial charge in [-0.25, -0.2) is 0 Å². The molecule has 0 unspecified atom stereocenters. The van der Waals surface area contributed by atoms with Gasteiger partial charge >= 0.3 is 0 Å². The van der Waals surface area contributed by atoms with Crippen molar-refractivity contribution >= 4 is 5.91 Å². The van der Waals surface area contributed by atoms with Crippen LogP contribution in [0.25, 0.3) is 0 Å². The summed E-state index contributed by atoms with van der Waals surface area (Å²) < 4.78 is 1.79. The highest BCUT2D eigenvalue weighted by Gasteiger charge is 2.38. The first-order valence-electron chi connectivity index (χ1n) is 10.6. The maximum atomic E-state index is 13.2. The molecule has 1 amide bonds. The molecular weight excluding hydrogens is 324 g/mol. The Bertz CT molecular complexity index is 648. The van der Waals surface area contributed by atoms with E-state index < -0.39 is 0 Å². The van der Waals surface area contributed by atoms with E-state index in [9.17, 15) is 4.79 Å². The molecule has 26 heavy (non-hydrogen) atoms. The highest BCUT2D eigenvalue weighted by atomic mass is 16.2. The molecule has 3 aliphatic heterocycles. The van der Waals surface area contributed by atoms with Crippen LogP contribution < -0.4 is 0 Å². The zero-order valence-corrected chi connectivity index (χ0v) is 16.7. The Morgan fingerprint density at radius 1 is 1.19 bits per heavy atom. The highest BCUT2D eigenvalue weighted by Crippen LogP contribution is 2.33. The van der Waals surface area contributed by atoms with Crippen LogP contribution in [-0.4, -0.2) is 57.7 Å². The summed E-state index contributed by atoms with van der Waals surface area (Å²) in [7, 11) is 1.91. The van der Waals surface area contributed by atoms with Gasteiger partial charge in [0.05, 0.1) is 5.69 Å². The van der Waals surface area contributed by atoms with Crippen LogP contribution in [0.4, 0.5) is 0 Å². The summed E-state index contributed by atoms with van der Waals surface area (Å²) >= 11 is 0. The predicted molar refractivity (Wildman–Crippen MR) is 103 cm³/mol. The number of amides is 1. The smallest absolute Gasteiger partial charge is 0.272 e. The molecule has 0 aromatic carbocycles. The molecule has 5 rings (SSSR count). The van der Waals surface area contributed by atoms with Gasteiger partial charge in [-0.15, -0.1) is 0 Å². The van der Waals surface area contributed by atoms with Gasteiger partial charge in [-0.3, -0.25) is 14.4 Å². The number of aromatic nitrogens is 2. The van der Waals surface area contributed by atoms with E-state index in [0.29, 0.717) is 17.9 Å². The normalized spacial score (nSPS) is 27.0. The van der Waals surface area contributed by atoms with Crippen LogP contribution in [0.3, 0.4) is 0 Å². The fourth-order valence-corrected chi connectivity index (χ4v) is 4.98. The standard InChI is InChI=1S/C21H34N4O/c1-15(2)9-18-10-20(23(3)22-18)21(26)25-13-17-7-8-19(14-25)24(12-17)11-16-5-4-6-16/h10,15-17,19H,4-9,11-14H2,1-3H3/t17-,19-/m1/s1. The summed E-state index contributed by atoms with van der Waals surface area (Å²) in [6.45, 7) is 8.65. The summed E-state index contributed by atoms with van der Waals surface area (Å²) in [5.74, 6) is 2.29. The Morgan fingerprint density at radius 2 is 2.00 bits per heavy atom. The van der Waals surface area contributed by atoms with Gasteiger partial charge in [0, 0.05) is 39.3 Å². The van der Waals surface area contributed by atoms with Crippen molar-refractivity contribution in [2.45, 2.75) is 58.4 Å². The zero-order valence-electron chi connectivity index (χ0n) is 16.7. The van der Waals surface area contributed by atoms with Gasteiger partial charge in [0.1, 0.15) is 5.69 Å². The minimum absolute atomic E-state index is 0.178. The Balaban J connectivity index is 1.46. The molecule has 0 radical (unpaired) electrons. The number of hydrogen-bond donors (Lipinski definition) is 0. The first-order valence-corrected chi connectivity index (χ1v) is 10.6. The predicted octanol–water partition coefficient (Wildman–Crippen LogP) is 2.96. The number of fused-ring (bicyclic) bond motifs is 4. The first-order chi connectivity index (χ1) is 12.5. The second kappa shape index (κ2) is 7.34. The Morgan fingerprint density at radius 3 is 2.69 bits per heavy atom. The van der Waals surface area contributed by atoms with Crippen molar-refractivity contribution in [1.82, 2.24) is 19.6 Å². The van der Waals surface area contributed by atoms with Crippen molar-refractivity contribution in [1.29, 1.82) is 0 Å². The Labute approximate surface area is 157 Å². The lowest BCUT2D eigenvalue weighted by Crippen LogP contribution is -2.47. The highest BCUT2D eigenvalue weighted by molar-refractivity contribution is 5.92. The van der Waals surface area contributed by atoms with Crippen molar-refractivity contribution in [2.24, 2.45) is 24.8 Å². The van der Waals surface area contributed by atoms with Gasteiger partial charge < -0.3 is 4.90 Å². The van der Waals surface area contributed by atoms with Gasteiger partial charge in [0.15, 0.2) is 0 Å². The maximum Gasteiger partial charge on any atom is 0.272 e. The van der Waals surface area contributed by atoms with Crippen LogP contribution >= 0.6 is 0 Å².